The summed E-state index contributed by atoms with van der Waals surface area (Å²) in [5.41, 5.74) is 1.03. The second-order valence-electron chi connectivity index (χ2n) is 6.60. The number of halogens is 1. The third kappa shape index (κ3) is 5.41. The van der Waals surface area contributed by atoms with E-state index in [4.69, 9.17) is 4.74 Å². The van der Waals surface area contributed by atoms with Gasteiger partial charge in [-0.1, -0.05) is 30.3 Å². The van der Waals surface area contributed by atoms with Crippen LogP contribution in [0.4, 0.5) is 4.39 Å². The Kier molecular flexibility index (Phi) is 7.14. The zero-order valence-electron chi connectivity index (χ0n) is 16.1. The Bertz CT molecular complexity index is 983. The van der Waals surface area contributed by atoms with Crippen molar-refractivity contribution in [3.63, 3.8) is 0 Å². The summed E-state index contributed by atoms with van der Waals surface area (Å²) in [6.45, 7) is 0.334. The fourth-order valence-corrected chi connectivity index (χ4v) is 4.50. The van der Waals surface area contributed by atoms with Crippen molar-refractivity contribution in [3.05, 3.63) is 66.0 Å². The number of hydrogen-bond donors (Lipinski definition) is 2. The highest BCUT2D eigenvalue weighted by molar-refractivity contribution is 7.89. The van der Waals surface area contributed by atoms with Crippen molar-refractivity contribution in [1.29, 1.82) is 0 Å². The van der Waals surface area contributed by atoms with Gasteiger partial charge in [0.25, 0.3) is 0 Å². The molecule has 3 rings (SSSR count). The molecular formula is C20H22FN3O5S. The van der Waals surface area contributed by atoms with Gasteiger partial charge >= 0.3 is 11.8 Å². The maximum atomic E-state index is 13.1. The number of amides is 2. The van der Waals surface area contributed by atoms with E-state index in [2.05, 4.69) is 10.6 Å². The summed E-state index contributed by atoms with van der Waals surface area (Å²) < 4.78 is 45.0. The van der Waals surface area contributed by atoms with Crippen LogP contribution in [-0.2, 0) is 30.8 Å². The van der Waals surface area contributed by atoms with Crippen molar-refractivity contribution in [2.24, 2.45) is 0 Å². The molecular weight excluding hydrogens is 413 g/mol. The summed E-state index contributed by atoms with van der Waals surface area (Å²) in [7, 11) is -3.93. The lowest BCUT2D eigenvalue weighted by molar-refractivity contribution is -0.139. The Morgan fingerprint density at radius 1 is 1.03 bits per heavy atom. The fraction of sp³-hybridized carbons (Fsp3) is 0.300. The van der Waals surface area contributed by atoms with Crippen LogP contribution in [0.1, 0.15) is 5.56 Å². The molecule has 1 aliphatic rings. The molecule has 0 radical (unpaired) electrons. The van der Waals surface area contributed by atoms with E-state index >= 15 is 0 Å². The molecule has 0 aromatic heterocycles. The molecule has 2 amide bonds. The first kappa shape index (κ1) is 21.9. The number of hydrogen-bond acceptors (Lipinski definition) is 5. The summed E-state index contributed by atoms with van der Waals surface area (Å²) in [5, 5.41) is 4.91. The molecule has 1 fully saturated rings. The predicted molar refractivity (Wildman–Crippen MR) is 106 cm³/mol. The largest absolute Gasteiger partial charge is 0.359 e. The number of carbonyl (C=O) groups excluding carboxylic acids is 2. The van der Waals surface area contributed by atoms with Gasteiger partial charge in [0, 0.05) is 13.1 Å². The maximum absolute atomic E-state index is 13.1. The van der Waals surface area contributed by atoms with E-state index in [0.29, 0.717) is 13.0 Å². The van der Waals surface area contributed by atoms with Gasteiger partial charge in [-0.2, -0.15) is 4.31 Å². The molecule has 8 nitrogen and oxygen atoms in total. The second kappa shape index (κ2) is 9.79. The van der Waals surface area contributed by atoms with Crippen LogP contribution in [0.25, 0.3) is 0 Å². The topological polar surface area (TPSA) is 105 Å². The van der Waals surface area contributed by atoms with E-state index in [9.17, 15) is 22.4 Å². The van der Waals surface area contributed by atoms with E-state index in [1.54, 1.807) is 0 Å². The molecule has 1 heterocycles. The molecule has 0 bridgehead atoms. The molecule has 2 aromatic carbocycles. The second-order valence-corrected chi connectivity index (χ2v) is 8.49. The molecule has 1 atom stereocenters. The Balaban J connectivity index is 1.50. The quantitative estimate of drug-likeness (QED) is 0.622. The van der Waals surface area contributed by atoms with Gasteiger partial charge in [0.05, 0.1) is 18.0 Å². The Morgan fingerprint density at radius 3 is 2.40 bits per heavy atom. The minimum atomic E-state index is -3.93. The van der Waals surface area contributed by atoms with Crippen molar-refractivity contribution >= 4 is 21.8 Å². The molecule has 1 saturated heterocycles. The highest BCUT2D eigenvalue weighted by atomic mass is 32.2. The summed E-state index contributed by atoms with van der Waals surface area (Å²) in [6.07, 6.45) is -0.379. The lowest BCUT2D eigenvalue weighted by atomic mass is 10.1. The number of nitrogens with one attached hydrogen (secondary N) is 2. The monoisotopic (exact) mass is 435 g/mol. The molecule has 2 aromatic rings. The molecule has 160 valence electrons. The van der Waals surface area contributed by atoms with E-state index in [-0.39, 0.29) is 24.6 Å². The van der Waals surface area contributed by atoms with Crippen LogP contribution in [0, 0.1) is 5.82 Å². The zero-order chi connectivity index (χ0) is 21.6. The minimum absolute atomic E-state index is 0.0793. The Labute approximate surface area is 174 Å². The first-order valence-corrected chi connectivity index (χ1v) is 10.8. The molecule has 2 N–H and O–H groups in total. The standard InChI is InChI=1S/C20H22FN3O5S/c21-16-6-8-17(9-7-16)30(27,28)24-12-13-29-18(24)14-23-20(26)19(25)22-11-10-15-4-2-1-3-5-15/h1-9,18H,10-14H2,(H,22,25)(H,23,26)/t18-/m1/s1. The number of ether oxygens (including phenoxy) is 1. The van der Waals surface area contributed by atoms with Crippen LogP contribution >= 0.6 is 0 Å². The smallest absolute Gasteiger partial charge is 0.309 e. The van der Waals surface area contributed by atoms with Crippen molar-refractivity contribution in [1.82, 2.24) is 14.9 Å². The number of sulfonamides is 1. The van der Waals surface area contributed by atoms with Gasteiger partial charge in [-0.05, 0) is 36.2 Å². The Hall–Kier alpha value is -2.82. The minimum Gasteiger partial charge on any atom is -0.359 e. The first-order valence-electron chi connectivity index (χ1n) is 9.37. The lowest BCUT2D eigenvalue weighted by Crippen LogP contribution is -2.47. The lowest BCUT2D eigenvalue weighted by Gasteiger charge is -2.22. The van der Waals surface area contributed by atoms with E-state index < -0.39 is 33.9 Å². The van der Waals surface area contributed by atoms with Crippen LogP contribution in [-0.4, -0.2) is 57.0 Å². The molecule has 0 unspecified atom stereocenters. The average Bonchev–Trinajstić information content (AvgIpc) is 3.22. The summed E-state index contributed by atoms with van der Waals surface area (Å²) in [4.78, 5) is 23.9. The normalized spacial score (nSPS) is 16.9. The van der Waals surface area contributed by atoms with Gasteiger partial charge in [-0.25, -0.2) is 12.8 Å². The third-order valence-corrected chi connectivity index (χ3v) is 6.45. The highest BCUT2D eigenvalue weighted by Crippen LogP contribution is 2.22. The molecule has 0 saturated carbocycles. The van der Waals surface area contributed by atoms with Crippen LogP contribution in [0.2, 0.25) is 0 Å². The van der Waals surface area contributed by atoms with Gasteiger partial charge in [0.2, 0.25) is 10.0 Å². The van der Waals surface area contributed by atoms with Crippen LogP contribution in [0.5, 0.6) is 0 Å². The SMILES string of the molecule is O=C(NCCc1ccccc1)C(=O)NC[C@H]1OCCN1S(=O)(=O)c1ccc(F)cc1. The number of benzene rings is 2. The molecule has 0 aliphatic carbocycles. The predicted octanol–water partition coefficient (Wildman–Crippen LogP) is 0.648. The molecule has 1 aliphatic heterocycles. The average molecular weight is 435 g/mol. The van der Waals surface area contributed by atoms with Gasteiger partial charge in [-0.15, -0.1) is 0 Å². The van der Waals surface area contributed by atoms with Crippen molar-refractivity contribution < 1.29 is 27.1 Å². The van der Waals surface area contributed by atoms with Gasteiger partial charge in [0.1, 0.15) is 12.0 Å². The van der Waals surface area contributed by atoms with Crippen molar-refractivity contribution in [2.75, 3.05) is 26.2 Å². The zero-order valence-corrected chi connectivity index (χ0v) is 16.9. The summed E-state index contributed by atoms with van der Waals surface area (Å²) in [5.74, 6) is -2.23. The maximum Gasteiger partial charge on any atom is 0.309 e. The third-order valence-electron chi connectivity index (χ3n) is 4.55. The molecule has 0 spiro atoms. The Morgan fingerprint density at radius 2 is 1.70 bits per heavy atom. The van der Waals surface area contributed by atoms with Crippen molar-refractivity contribution in [2.45, 2.75) is 17.5 Å². The number of carbonyl (C=O) groups is 2. The van der Waals surface area contributed by atoms with Crippen molar-refractivity contribution in [3.8, 4) is 0 Å². The molecule has 30 heavy (non-hydrogen) atoms. The van der Waals surface area contributed by atoms with E-state index in [0.717, 1.165) is 22.0 Å². The van der Waals surface area contributed by atoms with Crippen LogP contribution in [0.3, 0.4) is 0 Å². The number of nitrogens with zero attached hydrogens (tertiary/aromatic N) is 1. The number of rotatable bonds is 7. The van der Waals surface area contributed by atoms with Crippen LogP contribution in [0.15, 0.2) is 59.5 Å². The molecule has 10 heteroatoms. The first-order chi connectivity index (χ1) is 14.4. The van der Waals surface area contributed by atoms with Gasteiger partial charge in [-0.3, -0.25) is 9.59 Å². The fourth-order valence-electron chi connectivity index (χ4n) is 2.99. The van der Waals surface area contributed by atoms with Gasteiger partial charge < -0.3 is 15.4 Å². The summed E-state index contributed by atoms with van der Waals surface area (Å²) in [6, 6.07) is 13.9. The van der Waals surface area contributed by atoms with Crippen LogP contribution < -0.4 is 10.6 Å². The van der Waals surface area contributed by atoms with E-state index in [1.165, 1.54) is 12.1 Å². The highest BCUT2D eigenvalue weighted by Gasteiger charge is 2.36. The van der Waals surface area contributed by atoms with E-state index in [1.807, 2.05) is 30.3 Å². The van der Waals surface area contributed by atoms with Gasteiger partial charge in [0.15, 0.2) is 0 Å². The summed E-state index contributed by atoms with van der Waals surface area (Å²) >= 11 is 0.